The number of rotatable bonds is 7. The molecule has 0 aliphatic heterocycles. The van der Waals surface area contributed by atoms with Crippen LogP contribution in [0.2, 0.25) is 19.6 Å². The first-order chi connectivity index (χ1) is 9.73. The van der Waals surface area contributed by atoms with E-state index in [2.05, 4.69) is 37.7 Å². The van der Waals surface area contributed by atoms with E-state index in [4.69, 9.17) is 9.47 Å². The molecule has 4 nitrogen and oxygen atoms in total. The van der Waals surface area contributed by atoms with Crippen LogP contribution in [0.1, 0.15) is 25.7 Å². The summed E-state index contributed by atoms with van der Waals surface area (Å²) in [6.45, 7) is 9.97. The third kappa shape index (κ3) is 6.17. The van der Waals surface area contributed by atoms with Gasteiger partial charge in [0.15, 0.2) is 5.41 Å². The third-order valence-electron chi connectivity index (χ3n) is 3.02. The molecule has 0 fully saturated rings. The number of hydrogen-bond acceptors (Lipinski definition) is 4. The van der Waals surface area contributed by atoms with Gasteiger partial charge >= 0.3 is 11.9 Å². The van der Waals surface area contributed by atoms with Gasteiger partial charge in [0.25, 0.3) is 0 Å². The zero-order chi connectivity index (χ0) is 16.5. The molecule has 0 N–H and O–H groups in total. The van der Waals surface area contributed by atoms with Crippen LogP contribution in [-0.4, -0.2) is 34.2 Å². The highest BCUT2D eigenvalue weighted by Gasteiger charge is 2.47. The van der Waals surface area contributed by atoms with E-state index in [1.54, 1.807) is 6.08 Å². The summed E-state index contributed by atoms with van der Waals surface area (Å²) in [6.07, 6.45) is 3.61. The quantitative estimate of drug-likeness (QED) is 0.181. The third-order valence-corrected chi connectivity index (χ3v) is 3.94. The van der Waals surface area contributed by atoms with E-state index in [1.807, 2.05) is 0 Å². The number of carbonyl (C=O) groups excluding carboxylic acids is 2. The van der Waals surface area contributed by atoms with Gasteiger partial charge in [0, 0.05) is 6.42 Å². The molecule has 118 valence electrons. The average Bonchev–Trinajstić information content (AvgIpc) is 2.42. The zero-order valence-corrected chi connectivity index (χ0v) is 14.7. The smallest absolute Gasteiger partial charge is 0.324 e. The standard InChI is InChI=1S/C16H26O4Si/c1-7-8-9-11-16(14(17)19-2,15(18)20-3)12-10-13-21(4,5)6/h7H,1,8-9,11-12H2,2-6H3. The molecule has 0 spiro atoms. The maximum Gasteiger partial charge on any atom is 0.324 e. The molecular formula is C16H26O4Si. The van der Waals surface area contributed by atoms with Crippen molar-refractivity contribution >= 4 is 20.0 Å². The second-order valence-electron chi connectivity index (χ2n) is 5.97. The summed E-state index contributed by atoms with van der Waals surface area (Å²) in [4.78, 5) is 24.4. The summed E-state index contributed by atoms with van der Waals surface area (Å²) in [5, 5.41) is 0. The van der Waals surface area contributed by atoms with Crippen LogP contribution < -0.4 is 0 Å². The number of esters is 2. The fourth-order valence-electron chi connectivity index (χ4n) is 1.92. The van der Waals surface area contributed by atoms with Gasteiger partial charge in [-0.2, -0.15) is 0 Å². The number of methoxy groups -OCH3 is 2. The zero-order valence-electron chi connectivity index (χ0n) is 13.7. The van der Waals surface area contributed by atoms with Crippen molar-refractivity contribution in [1.82, 2.24) is 0 Å². The summed E-state index contributed by atoms with van der Waals surface area (Å²) in [5.74, 6) is 1.85. The van der Waals surface area contributed by atoms with Gasteiger partial charge in [0.05, 0.1) is 14.2 Å². The molecular weight excluding hydrogens is 284 g/mol. The molecule has 5 heteroatoms. The Morgan fingerprint density at radius 3 is 2.10 bits per heavy atom. The molecule has 0 heterocycles. The predicted molar refractivity (Wildman–Crippen MR) is 86.3 cm³/mol. The van der Waals surface area contributed by atoms with Gasteiger partial charge in [0.2, 0.25) is 0 Å². The van der Waals surface area contributed by atoms with Crippen LogP contribution in [0.3, 0.4) is 0 Å². The molecule has 0 aromatic carbocycles. The molecule has 0 aromatic rings. The Hall–Kier alpha value is -1.54. The van der Waals surface area contributed by atoms with E-state index >= 15 is 0 Å². The van der Waals surface area contributed by atoms with Crippen molar-refractivity contribution < 1.29 is 19.1 Å². The Morgan fingerprint density at radius 2 is 1.71 bits per heavy atom. The highest BCUT2D eigenvalue weighted by molar-refractivity contribution is 6.83. The molecule has 0 saturated carbocycles. The van der Waals surface area contributed by atoms with Crippen molar-refractivity contribution in [2.45, 2.75) is 45.3 Å². The van der Waals surface area contributed by atoms with E-state index < -0.39 is 25.4 Å². The predicted octanol–water partition coefficient (Wildman–Crippen LogP) is 2.95. The Labute approximate surface area is 128 Å². The van der Waals surface area contributed by atoms with E-state index in [-0.39, 0.29) is 6.42 Å². The van der Waals surface area contributed by atoms with E-state index in [0.717, 1.165) is 6.42 Å². The van der Waals surface area contributed by atoms with Crippen LogP contribution in [0, 0.1) is 16.9 Å². The highest BCUT2D eigenvalue weighted by atomic mass is 28.3. The summed E-state index contributed by atoms with van der Waals surface area (Å²) in [7, 11) is 0.988. The lowest BCUT2D eigenvalue weighted by atomic mass is 9.79. The molecule has 0 amide bonds. The largest absolute Gasteiger partial charge is 0.468 e. The van der Waals surface area contributed by atoms with E-state index in [9.17, 15) is 9.59 Å². The molecule has 0 atom stereocenters. The van der Waals surface area contributed by atoms with Crippen LogP contribution >= 0.6 is 0 Å². The maximum atomic E-state index is 12.2. The molecule has 0 rings (SSSR count). The summed E-state index contributed by atoms with van der Waals surface area (Å²) < 4.78 is 9.66. The number of ether oxygens (including phenoxy) is 2. The van der Waals surface area contributed by atoms with Crippen molar-refractivity contribution in [2.24, 2.45) is 5.41 Å². The Balaban J connectivity index is 5.43. The van der Waals surface area contributed by atoms with Crippen molar-refractivity contribution in [3.05, 3.63) is 12.7 Å². The van der Waals surface area contributed by atoms with Crippen molar-refractivity contribution in [3.63, 3.8) is 0 Å². The minimum atomic E-state index is -1.57. The first kappa shape index (κ1) is 19.5. The summed E-state index contributed by atoms with van der Waals surface area (Å²) >= 11 is 0. The van der Waals surface area contributed by atoms with Crippen molar-refractivity contribution in [2.75, 3.05) is 14.2 Å². The van der Waals surface area contributed by atoms with Gasteiger partial charge in [-0.3, -0.25) is 9.59 Å². The first-order valence-corrected chi connectivity index (χ1v) is 10.5. The Morgan fingerprint density at radius 1 is 1.19 bits per heavy atom. The van der Waals surface area contributed by atoms with Gasteiger partial charge in [0.1, 0.15) is 8.07 Å². The maximum absolute atomic E-state index is 12.2. The van der Waals surface area contributed by atoms with E-state index in [0.29, 0.717) is 12.8 Å². The molecule has 0 radical (unpaired) electrons. The van der Waals surface area contributed by atoms with Crippen LogP contribution in [0.4, 0.5) is 0 Å². The van der Waals surface area contributed by atoms with Crippen LogP contribution in [-0.2, 0) is 19.1 Å². The van der Waals surface area contributed by atoms with Crippen molar-refractivity contribution in [3.8, 4) is 11.5 Å². The topological polar surface area (TPSA) is 52.6 Å². The second-order valence-corrected chi connectivity index (χ2v) is 10.7. The summed E-state index contributed by atoms with van der Waals surface area (Å²) in [5.41, 5.74) is 1.84. The van der Waals surface area contributed by atoms with Gasteiger partial charge in [-0.05, 0) is 19.3 Å². The molecule has 0 aliphatic rings. The van der Waals surface area contributed by atoms with E-state index in [1.165, 1.54) is 14.2 Å². The average molecular weight is 310 g/mol. The summed E-state index contributed by atoms with van der Waals surface area (Å²) in [6, 6.07) is 0. The first-order valence-electron chi connectivity index (χ1n) is 7.01. The normalized spacial score (nSPS) is 11.1. The van der Waals surface area contributed by atoms with Crippen LogP contribution in [0.15, 0.2) is 12.7 Å². The van der Waals surface area contributed by atoms with Crippen molar-refractivity contribution in [1.29, 1.82) is 0 Å². The molecule has 21 heavy (non-hydrogen) atoms. The lowest BCUT2D eigenvalue weighted by molar-refractivity contribution is -0.169. The van der Waals surface area contributed by atoms with Gasteiger partial charge in [-0.25, -0.2) is 0 Å². The van der Waals surface area contributed by atoms with Gasteiger partial charge < -0.3 is 9.47 Å². The second kappa shape index (κ2) is 8.68. The Bertz CT molecular complexity index is 421. The van der Waals surface area contributed by atoms with Crippen LogP contribution in [0.25, 0.3) is 0 Å². The minimum absolute atomic E-state index is 0.133. The lowest BCUT2D eigenvalue weighted by Gasteiger charge is -2.26. The number of allylic oxidation sites excluding steroid dienone is 1. The highest BCUT2D eigenvalue weighted by Crippen LogP contribution is 2.32. The Kier molecular flexibility index (Phi) is 8.04. The van der Waals surface area contributed by atoms with Gasteiger partial charge in [-0.1, -0.05) is 25.7 Å². The molecule has 0 bridgehead atoms. The lowest BCUT2D eigenvalue weighted by Crippen LogP contribution is -2.41. The number of hydrogen-bond donors (Lipinski definition) is 0. The monoisotopic (exact) mass is 310 g/mol. The molecule has 0 unspecified atom stereocenters. The SMILES string of the molecule is C=CCCCC(CC#C[Si](C)(C)C)(C(=O)OC)C(=O)OC. The fraction of sp³-hybridized carbons (Fsp3) is 0.625. The number of carbonyl (C=O) groups is 2. The minimum Gasteiger partial charge on any atom is -0.468 e. The number of unbranched alkanes of at least 4 members (excludes halogenated alkanes) is 1. The molecule has 0 saturated heterocycles. The fourth-order valence-corrected chi connectivity index (χ4v) is 2.54. The van der Waals surface area contributed by atoms with Gasteiger partial charge in [-0.15, -0.1) is 18.0 Å². The molecule has 0 aliphatic carbocycles. The van der Waals surface area contributed by atoms with Crippen LogP contribution in [0.5, 0.6) is 0 Å². The molecule has 0 aromatic heterocycles.